The largest absolute Gasteiger partial charge is 0.507 e. The Balaban J connectivity index is 1.91. The molecule has 1 atom stereocenters. The number of phenols is 1. The Labute approximate surface area is 153 Å². The van der Waals surface area contributed by atoms with Gasteiger partial charge in [-0.1, -0.05) is 0 Å². The van der Waals surface area contributed by atoms with E-state index < -0.39 is 23.4 Å². The fourth-order valence-corrected chi connectivity index (χ4v) is 3.21. The molecule has 1 fully saturated rings. The summed E-state index contributed by atoms with van der Waals surface area (Å²) < 4.78 is 38.5. The second kappa shape index (κ2) is 7.15. The quantitative estimate of drug-likeness (QED) is 0.854. The van der Waals surface area contributed by atoms with Gasteiger partial charge in [0.2, 0.25) is 5.91 Å². The second-order valence-corrected chi connectivity index (χ2v) is 6.47. The second-order valence-electron chi connectivity index (χ2n) is 6.47. The van der Waals surface area contributed by atoms with E-state index in [2.05, 4.69) is 10.2 Å². The number of carbonyl (C=O) groups is 1. The van der Waals surface area contributed by atoms with E-state index in [1.807, 2.05) is 0 Å². The van der Waals surface area contributed by atoms with Crippen molar-refractivity contribution in [1.29, 1.82) is 0 Å². The molecule has 0 spiro atoms. The first-order chi connectivity index (χ1) is 12.7. The fourth-order valence-electron chi connectivity index (χ4n) is 3.21. The lowest BCUT2D eigenvalue weighted by molar-refractivity contribution is -0.137. The number of alkyl halides is 3. The van der Waals surface area contributed by atoms with E-state index >= 15 is 0 Å². The van der Waals surface area contributed by atoms with Crippen molar-refractivity contribution in [3.8, 4) is 17.0 Å². The predicted octanol–water partition coefficient (Wildman–Crippen LogP) is 2.91. The first-order valence-electron chi connectivity index (χ1n) is 8.39. The monoisotopic (exact) mass is 381 g/mol. The Morgan fingerprint density at radius 2 is 2.00 bits per heavy atom. The Kier molecular flexibility index (Phi) is 5.05. The molecule has 1 aromatic heterocycles. The molecule has 2 N–H and O–H groups in total. The molecule has 2 aromatic rings. The number of hydrogen-bond acceptors (Lipinski definition) is 5. The first kappa shape index (κ1) is 19.1. The van der Waals surface area contributed by atoms with Gasteiger partial charge in [0.25, 0.3) is 0 Å². The molecule has 6 nitrogen and oxygen atoms in total. The number of benzene rings is 1. The number of anilines is 1. The van der Waals surface area contributed by atoms with Crippen LogP contribution in [0, 0.1) is 12.8 Å². The van der Waals surface area contributed by atoms with E-state index in [0.29, 0.717) is 24.8 Å². The van der Waals surface area contributed by atoms with Crippen molar-refractivity contribution in [2.45, 2.75) is 25.9 Å². The van der Waals surface area contributed by atoms with Gasteiger partial charge < -0.3 is 10.2 Å². The number of aliphatic hydroxyl groups is 1. The molecule has 0 bridgehead atoms. The number of carbonyl (C=O) groups excluding carboxylic acids is 1. The van der Waals surface area contributed by atoms with Gasteiger partial charge in [-0.25, -0.2) is 0 Å². The highest BCUT2D eigenvalue weighted by Crippen LogP contribution is 2.38. The SMILES string of the molecule is Cc1cc(C(F)(F)F)cc(O)c1-c1ccc(N2CCC[C@@H](CO)C2=O)nn1. The average molecular weight is 381 g/mol. The van der Waals surface area contributed by atoms with Gasteiger partial charge >= 0.3 is 6.18 Å². The summed E-state index contributed by atoms with van der Waals surface area (Å²) in [5.74, 6) is -0.953. The van der Waals surface area contributed by atoms with Crippen LogP contribution in [0.3, 0.4) is 0 Å². The molecular weight excluding hydrogens is 363 g/mol. The van der Waals surface area contributed by atoms with Gasteiger partial charge in [-0.05, 0) is 49.6 Å². The van der Waals surface area contributed by atoms with Crippen LogP contribution >= 0.6 is 0 Å². The number of aromatic nitrogens is 2. The van der Waals surface area contributed by atoms with Crippen molar-refractivity contribution in [2.24, 2.45) is 5.92 Å². The zero-order chi connectivity index (χ0) is 19.8. The summed E-state index contributed by atoms with van der Waals surface area (Å²) in [7, 11) is 0. The van der Waals surface area contributed by atoms with Crippen LogP contribution in [0.2, 0.25) is 0 Å². The molecule has 1 saturated heterocycles. The highest BCUT2D eigenvalue weighted by molar-refractivity contribution is 5.95. The van der Waals surface area contributed by atoms with Gasteiger partial charge in [-0.3, -0.25) is 9.69 Å². The third-order valence-electron chi connectivity index (χ3n) is 4.60. The minimum Gasteiger partial charge on any atom is -0.507 e. The third-order valence-corrected chi connectivity index (χ3v) is 4.60. The molecule has 27 heavy (non-hydrogen) atoms. The van der Waals surface area contributed by atoms with Crippen LogP contribution in [0.15, 0.2) is 24.3 Å². The van der Waals surface area contributed by atoms with E-state index in [4.69, 9.17) is 0 Å². The van der Waals surface area contributed by atoms with Crippen LogP contribution in [0.1, 0.15) is 24.0 Å². The summed E-state index contributed by atoms with van der Waals surface area (Å²) in [4.78, 5) is 13.7. The Morgan fingerprint density at radius 3 is 2.56 bits per heavy atom. The number of nitrogens with zero attached hydrogens (tertiary/aromatic N) is 3. The summed E-state index contributed by atoms with van der Waals surface area (Å²) in [6, 6.07) is 4.60. The minimum absolute atomic E-state index is 0.153. The van der Waals surface area contributed by atoms with E-state index in [1.54, 1.807) is 0 Å². The number of hydrogen-bond donors (Lipinski definition) is 2. The van der Waals surface area contributed by atoms with Crippen LogP contribution in [0.25, 0.3) is 11.3 Å². The summed E-state index contributed by atoms with van der Waals surface area (Å²) in [5.41, 5.74) is -0.385. The lowest BCUT2D eigenvalue weighted by atomic mass is 9.98. The molecular formula is C18H18F3N3O3. The summed E-state index contributed by atoms with van der Waals surface area (Å²) in [6.45, 7) is 1.66. The van der Waals surface area contributed by atoms with E-state index in [9.17, 15) is 28.2 Å². The number of aromatic hydroxyl groups is 1. The maximum absolute atomic E-state index is 12.8. The lowest BCUT2D eigenvalue weighted by Crippen LogP contribution is -2.43. The Morgan fingerprint density at radius 1 is 1.26 bits per heavy atom. The number of phenolic OH excluding ortho intramolecular Hbond substituents is 1. The Bertz CT molecular complexity index is 830. The summed E-state index contributed by atoms with van der Waals surface area (Å²) >= 11 is 0. The summed E-state index contributed by atoms with van der Waals surface area (Å²) in [6.07, 6.45) is -3.23. The predicted molar refractivity (Wildman–Crippen MR) is 91.0 cm³/mol. The third kappa shape index (κ3) is 3.73. The van der Waals surface area contributed by atoms with Crippen LogP contribution in [-0.2, 0) is 11.0 Å². The zero-order valence-electron chi connectivity index (χ0n) is 14.5. The standard InChI is InChI=1S/C18H18F3N3O3/c1-10-7-12(18(19,20)21)8-14(26)16(10)13-4-5-15(23-22-13)24-6-2-3-11(9-25)17(24)27/h4-5,7-8,11,25-26H,2-3,6,9H2,1H3/t11-/m0/s1. The molecule has 9 heteroatoms. The maximum Gasteiger partial charge on any atom is 0.416 e. The van der Waals surface area contributed by atoms with Gasteiger partial charge in [0, 0.05) is 12.1 Å². The van der Waals surface area contributed by atoms with Crippen molar-refractivity contribution < 1.29 is 28.2 Å². The molecule has 1 amide bonds. The highest BCUT2D eigenvalue weighted by atomic mass is 19.4. The van der Waals surface area contributed by atoms with E-state index in [-0.39, 0.29) is 29.3 Å². The lowest BCUT2D eigenvalue weighted by Gasteiger charge is -2.30. The smallest absolute Gasteiger partial charge is 0.416 e. The average Bonchev–Trinajstić information content (AvgIpc) is 2.61. The number of rotatable bonds is 3. The van der Waals surface area contributed by atoms with E-state index in [0.717, 1.165) is 12.5 Å². The summed E-state index contributed by atoms with van der Waals surface area (Å²) in [5, 5.41) is 27.3. The van der Waals surface area contributed by atoms with Crippen LogP contribution in [0.4, 0.5) is 19.0 Å². The zero-order valence-corrected chi connectivity index (χ0v) is 14.5. The van der Waals surface area contributed by atoms with Crippen molar-refractivity contribution in [2.75, 3.05) is 18.1 Å². The number of aryl methyl sites for hydroxylation is 1. The van der Waals surface area contributed by atoms with Crippen LogP contribution < -0.4 is 4.90 Å². The minimum atomic E-state index is -4.56. The van der Waals surface area contributed by atoms with Crippen molar-refractivity contribution in [1.82, 2.24) is 10.2 Å². The topological polar surface area (TPSA) is 86.5 Å². The molecule has 2 heterocycles. The molecule has 3 rings (SSSR count). The maximum atomic E-state index is 12.8. The molecule has 0 unspecified atom stereocenters. The van der Waals surface area contributed by atoms with Crippen molar-refractivity contribution in [3.63, 3.8) is 0 Å². The normalized spacial score (nSPS) is 18.0. The molecule has 144 valence electrons. The van der Waals surface area contributed by atoms with Gasteiger partial charge in [-0.2, -0.15) is 13.2 Å². The molecule has 1 aliphatic heterocycles. The van der Waals surface area contributed by atoms with Crippen molar-refractivity contribution in [3.05, 3.63) is 35.4 Å². The molecule has 0 aliphatic carbocycles. The van der Waals surface area contributed by atoms with Gasteiger partial charge in [0.15, 0.2) is 5.82 Å². The van der Waals surface area contributed by atoms with Gasteiger partial charge in [0.05, 0.1) is 23.8 Å². The first-order valence-corrected chi connectivity index (χ1v) is 8.39. The van der Waals surface area contributed by atoms with Gasteiger partial charge in [0.1, 0.15) is 5.75 Å². The van der Waals surface area contributed by atoms with Gasteiger partial charge in [-0.15, -0.1) is 10.2 Å². The number of piperidine rings is 1. The van der Waals surface area contributed by atoms with Crippen LogP contribution in [-0.4, -0.2) is 39.5 Å². The number of amides is 1. The molecule has 1 aliphatic rings. The highest BCUT2D eigenvalue weighted by Gasteiger charge is 2.32. The molecule has 1 aromatic carbocycles. The Hall–Kier alpha value is -2.68. The van der Waals surface area contributed by atoms with E-state index in [1.165, 1.54) is 24.0 Å². The number of halogens is 3. The van der Waals surface area contributed by atoms with Crippen molar-refractivity contribution >= 4 is 11.7 Å². The molecule has 0 radical (unpaired) electrons. The van der Waals surface area contributed by atoms with Crippen LogP contribution in [0.5, 0.6) is 5.75 Å². The fraction of sp³-hybridized carbons (Fsp3) is 0.389. The number of aliphatic hydroxyl groups excluding tert-OH is 1. The molecule has 0 saturated carbocycles.